The van der Waals surface area contributed by atoms with Crippen molar-refractivity contribution in [3.8, 4) is 5.75 Å². The van der Waals surface area contributed by atoms with Gasteiger partial charge in [-0.1, -0.05) is 12.6 Å². The molecule has 0 bridgehead atoms. The van der Waals surface area contributed by atoms with Gasteiger partial charge in [0.25, 0.3) is 0 Å². The van der Waals surface area contributed by atoms with Gasteiger partial charge >= 0.3 is 6.03 Å². The van der Waals surface area contributed by atoms with E-state index in [2.05, 4.69) is 32.5 Å². The van der Waals surface area contributed by atoms with Crippen LogP contribution in [0.4, 0.5) is 33.6 Å². The van der Waals surface area contributed by atoms with E-state index in [9.17, 15) is 9.59 Å². The molecule has 0 spiro atoms. The smallest absolute Gasteiger partial charge is 0.327 e. The Hall–Kier alpha value is -4.44. The summed E-state index contributed by atoms with van der Waals surface area (Å²) in [6, 6.07) is 13.9. The Bertz CT molecular complexity index is 1200. The molecule has 2 aromatic carbocycles. The third-order valence-electron chi connectivity index (χ3n) is 4.91. The highest BCUT2D eigenvalue weighted by Gasteiger charge is 2.28. The SMILES string of the molecule is C=CC(=O)Nc1cccc(N2C(=O)NCc3cnc(Nc4ccc(OCCOC)cc4)nc32)c1. The molecule has 3 aromatic rings. The van der Waals surface area contributed by atoms with E-state index in [-0.39, 0.29) is 11.9 Å². The van der Waals surface area contributed by atoms with Gasteiger partial charge in [0, 0.05) is 36.8 Å². The highest BCUT2D eigenvalue weighted by atomic mass is 16.5. The molecule has 0 saturated carbocycles. The molecule has 0 saturated heterocycles. The summed E-state index contributed by atoms with van der Waals surface area (Å²) >= 11 is 0. The van der Waals surface area contributed by atoms with Crippen LogP contribution in [0, 0.1) is 0 Å². The molecule has 2 heterocycles. The number of hydrogen-bond acceptors (Lipinski definition) is 7. The second-order valence-corrected chi connectivity index (χ2v) is 7.27. The molecule has 10 nitrogen and oxygen atoms in total. The number of ether oxygens (including phenoxy) is 2. The van der Waals surface area contributed by atoms with Crippen molar-refractivity contribution in [2.75, 3.05) is 35.9 Å². The summed E-state index contributed by atoms with van der Waals surface area (Å²) < 4.78 is 10.6. The predicted molar refractivity (Wildman–Crippen MR) is 129 cm³/mol. The first-order chi connectivity index (χ1) is 16.6. The second kappa shape index (κ2) is 10.5. The van der Waals surface area contributed by atoms with E-state index in [0.717, 1.165) is 17.0 Å². The third kappa shape index (κ3) is 5.30. The summed E-state index contributed by atoms with van der Waals surface area (Å²) in [5.74, 6) is 1.17. The third-order valence-corrected chi connectivity index (χ3v) is 4.91. The topological polar surface area (TPSA) is 118 Å². The first-order valence-electron chi connectivity index (χ1n) is 10.5. The van der Waals surface area contributed by atoms with Gasteiger partial charge in [0.15, 0.2) is 5.82 Å². The van der Waals surface area contributed by atoms with Gasteiger partial charge in [-0.25, -0.2) is 14.7 Å². The van der Waals surface area contributed by atoms with Crippen LogP contribution in [-0.2, 0) is 16.1 Å². The minimum atomic E-state index is -0.343. The van der Waals surface area contributed by atoms with Crippen LogP contribution in [0.3, 0.4) is 0 Å². The van der Waals surface area contributed by atoms with E-state index in [4.69, 9.17) is 9.47 Å². The van der Waals surface area contributed by atoms with Gasteiger partial charge in [0.05, 0.1) is 12.3 Å². The average Bonchev–Trinajstić information content (AvgIpc) is 2.85. The molecule has 174 valence electrons. The van der Waals surface area contributed by atoms with Gasteiger partial charge in [-0.2, -0.15) is 4.98 Å². The number of amides is 3. The minimum absolute atomic E-state index is 0.311. The highest BCUT2D eigenvalue weighted by Crippen LogP contribution is 2.32. The van der Waals surface area contributed by atoms with E-state index in [1.165, 1.54) is 11.0 Å². The predicted octanol–water partition coefficient (Wildman–Crippen LogP) is 3.73. The van der Waals surface area contributed by atoms with Crippen molar-refractivity contribution in [1.82, 2.24) is 15.3 Å². The normalized spacial score (nSPS) is 12.4. The number of nitrogens with zero attached hydrogens (tertiary/aromatic N) is 3. The number of hydrogen-bond donors (Lipinski definition) is 3. The maximum absolute atomic E-state index is 12.8. The van der Waals surface area contributed by atoms with Gasteiger partial charge in [0.1, 0.15) is 12.4 Å². The summed E-state index contributed by atoms with van der Waals surface area (Å²) in [6.07, 6.45) is 2.85. The van der Waals surface area contributed by atoms with Gasteiger partial charge in [-0.15, -0.1) is 0 Å². The Balaban J connectivity index is 1.57. The van der Waals surface area contributed by atoms with Crippen molar-refractivity contribution >= 4 is 40.8 Å². The molecule has 10 heteroatoms. The van der Waals surface area contributed by atoms with Crippen LogP contribution in [0.1, 0.15) is 5.56 Å². The van der Waals surface area contributed by atoms with Crippen LogP contribution < -0.4 is 25.6 Å². The fourth-order valence-electron chi connectivity index (χ4n) is 3.28. The summed E-state index contributed by atoms with van der Waals surface area (Å²) in [5.41, 5.74) is 2.60. The van der Waals surface area contributed by atoms with E-state index >= 15 is 0 Å². The van der Waals surface area contributed by atoms with Crippen molar-refractivity contribution in [3.63, 3.8) is 0 Å². The molecule has 0 radical (unpaired) electrons. The lowest BCUT2D eigenvalue weighted by Gasteiger charge is -2.29. The number of fused-ring (bicyclic) bond motifs is 1. The van der Waals surface area contributed by atoms with E-state index < -0.39 is 0 Å². The Labute approximate surface area is 196 Å². The molecule has 0 unspecified atom stereocenters. The van der Waals surface area contributed by atoms with Crippen molar-refractivity contribution in [2.45, 2.75) is 6.54 Å². The van der Waals surface area contributed by atoms with Crippen LogP contribution in [0.15, 0.2) is 67.4 Å². The average molecular weight is 460 g/mol. The first kappa shape index (κ1) is 22.7. The summed E-state index contributed by atoms with van der Waals surface area (Å²) in [4.78, 5) is 34.9. The molecule has 1 aliphatic rings. The van der Waals surface area contributed by atoms with E-state index in [1.807, 2.05) is 24.3 Å². The van der Waals surface area contributed by atoms with Crippen LogP contribution in [-0.4, -0.2) is 42.2 Å². The molecule has 0 aliphatic carbocycles. The van der Waals surface area contributed by atoms with Gasteiger partial charge in [-0.3, -0.25) is 4.79 Å². The Morgan fingerprint density at radius 1 is 1.21 bits per heavy atom. The number of anilines is 5. The molecular formula is C24H24N6O4. The zero-order valence-electron chi connectivity index (χ0n) is 18.6. The molecule has 3 N–H and O–H groups in total. The maximum atomic E-state index is 12.8. The molecule has 4 rings (SSSR count). The molecule has 34 heavy (non-hydrogen) atoms. The Morgan fingerprint density at radius 3 is 2.79 bits per heavy atom. The Morgan fingerprint density at radius 2 is 2.03 bits per heavy atom. The minimum Gasteiger partial charge on any atom is -0.491 e. The fourth-order valence-corrected chi connectivity index (χ4v) is 3.28. The van der Waals surface area contributed by atoms with Crippen molar-refractivity contribution in [2.24, 2.45) is 0 Å². The van der Waals surface area contributed by atoms with Crippen LogP contribution in [0.2, 0.25) is 0 Å². The van der Waals surface area contributed by atoms with Gasteiger partial charge in [-0.05, 0) is 48.5 Å². The number of nitrogens with one attached hydrogen (secondary N) is 3. The largest absolute Gasteiger partial charge is 0.491 e. The van der Waals surface area contributed by atoms with Crippen molar-refractivity contribution in [1.29, 1.82) is 0 Å². The second-order valence-electron chi connectivity index (χ2n) is 7.27. The lowest BCUT2D eigenvalue weighted by Crippen LogP contribution is -2.42. The van der Waals surface area contributed by atoms with Crippen molar-refractivity contribution in [3.05, 3.63) is 72.9 Å². The highest BCUT2D eigenvalue weighted by molar-refractivity contribution is 6.03. The van der Waals surface area contributed by atoms with Crippen LogP contribution in [0.5, 0.6) is 5.75 Å². The number of carbonyl (C=O) groups excluding carboxylic acids is 2. The molecule has 0 atom stereocenters. The molecular weight excluding hydrogens is 436 g/mol. The lowest BCUT2D eigenvalue weighted by molar-refractivity contribution is -0.111. The number of benzene rings is 2. The van der Waals surface area contributed by atoms with Crippen LogP contribution in [0.25, 0.3) is 0 Å². The zero-order chi connectivity index (χ0) is 23.9. The number of rotatable bonds is 9. The maximum Gasteiger partial charge on any atom is 0.327 e. The van der Waals surface area contributed by atoms with Gasteiger partial charge in [0.2, 0.25) is 11.9 Å². The monoisotopic (exact) mass is 460 g/mol. The summed E-state index contributed by atoms with van der Waals surface area (Å²) in [6.45, 7) is 4.74. The van der Waals surface area contributed by atoms with Gasteiger partial charge < -0.3 is 25.4 Å². The van der Waals surface area contributed by atoms with E-state index in [1.54, 1.807) is 37.6 Å². The summed E-state index contributed by atoms with van der Waals surface area (Å²) in [5, 5.41) is 8.66. The molecule has 1 aromatic heterocycles. The fraction of sp³-hybridized carbons (Fsp3) is 0.167. The lowest BCUT2D eigenvalue weighted by atomic mass is 10.2. The zero-order valence-corrected chi connectivity index (χ0v) is 18.6. The Kier molecular flexibility index (Phi) is 6.99. The quantitative estimate of drug-likeness (QED) is 0.329. The molecule has 3 amide bonds. The van der Waals surface area contributed by atoms with Crippen molar-refractivity contribution < 1.29 is 19.1 Å². The molecule has 1 aliphatic heterocycles. The van der Waals surface area contributed by atoms with Crippen LogP contribution >= 0.6 is 0 Å². The standard InChI is InChI=1S/C24H24N6O4/c1-3-21(31)27-18-5-4-6-19(13-18)30-22-16(15-26-24(30)32)14-25-23(29-22)28-17-7-9-20(10-8-17)34-12-11-33-2/h3-10,13-14H,1,11-12,15H2,2H3,(H,26,32)(H,27,31)(H,25,28,29). The molecule has 0 fully saturated rings. The number of urea groups is 1. The first-order valence-corrected chi connectivity index (χ1v) is 10.5. The summed E-state index contributed by atoms with van der Waals surface area (Å²) in [7, 11) is 1.62. The number of carbonyl (C=O) groups is 2. The van der Waals surface area contributed by atoms with E-state index in [0.29, 0.717) is 42.9 Å². The number of aromatic nitrogens is 2. The number of methoxy groups -OCH3 is 1.